The van der Waals surface area contributed by atoms with E-state index in [4.69, 9.17) is 5.73 Å². The molecule has 0 aliphatic carbocycles. The molecule has 2 N–H and O–H groups in total. The first kappa shape index (κ1) is 8.81. The number of nitrogens with two attached hydrogens (primary N) is 1. The highest BCUT2D eigenvalue weighted by Crippen LogP contribution is 2.15. The third kappa shape index (κ3) is 1.37. The van der Waals surface area contributed by atoms with Crippen molar-refractivity contribution in [3.63, 3.8) is 0 Å². The van der Waals surface area contributed by atoms with Gasteiger partial charge in [-0.25, -0.2) is 4.68 Å². The Hall–Kier alpha value is -1.77. The van der Waals surface area contributed by atoms with Crippen molar-refractivity contribution in [1.82, 2.24) is 9.78 Å². The molecule has 0 radical (unpaired) electrons. The number of aryl methyl sites for hydroxylation is 2. The van der Waals surface area contributed by atoms with Crippen LogP contribution in [-0.2, 0) is 0 Å². The van der Waals surface area contributed by atoms with Gasteiger partial charge in [0.05, 0.1) is 11.9 Å². The summed E-state index contributed by atoms with van der Waals surface area (Å²) in [7, 11) is 0. The molecular weight excluding hydrogens is 174 g/mol. The average molecular weight is 187 g/mol. The zero-order chi connectivity index (χ0) is 10.1. The molecule has 0 spiro atoms. The summed E-state index contributed by atoms with van der Waals surface area (Å²) in [4.78, 5) is 0. The Balaban J connectivity index is 2.53. The highest BCUT2D eigenvalue weighted by atomic mass is 15.3. The molecule has 0 saturated carbocycles. The van der Waals surface area contributed by atoms with Crippen molar-refractivity contribution in [3.05, 3.63) is 41.6 Å². The van der Waals surface area contributed by atoms with E-state index in [1.807, 2.05) is 6.07 Å². The van der Waals surface area contributed by atoms with Crippen LogP contribution in [0.25, 0.3) is 5.69 Å². The minimum Gasteiger partial charge on any atom is -0.384 e. The zero-order valence-corrected chi connectivity index (χ0v) is 8.36. The maximum Gasteiger partial charge on any atom is 0.127 e. The maximum absolute atomic E-state index is 5.76. The second kappa shape index (κ2) is 3.18. The molecule has 2 rings (SSSR count). The standard InChI is InChI=1S/C11H13N3/c1-8-3-4-10(7-9(8)2)14-11(12)5-6-13-14/h3-7H,12H2,1-2H3. The lowest BCUT2D eigenvalue weighted by Gasteiger charge is -2.06. The third-order valence-corrected chi connectivity index (χ3v) is 2.41. The van der Waals surface area contributed by atoms with Crippen molar-refractivity contribution in [2.45, 2.75) is 13.8 Å². The van der Waals surface area contributed by atoms with E-state index in [0.717, 1.165) is 5.69 Å². The van der Waals surface area contributed by atoms with Gasteiger partial charge in [0, 0.05) is 6.07 Å². The van der Waals surface area contributed by atoms with Crippen LogP contribution in [0.2, 0.25) is 0 Å². The Morgan fingerprint density at radius 3 is 2.50 bits per heavy atom. The van der Waals surface area contributed by atoms with Crippen LogP contribution in [0.3, 0.4) is 0 Å². The largest absolute Gasteiger partial charge is 0.384 e. The first-order valence-electron chi connectivity index (χ1n) is 4.55. The number of anilines is 1. The van der Waals surface area contributed by atoms with E-state index in [0.29, 0.717) is 5.82 Å². The number of rotatable bonds is 1. The van der Waals surface area contributed by atoms with Crippen molar-refractivity contribution in [2.24, 2.45) is 0 Å². The van der Waals surface area contributed by atoms with Crippen molar-refractivity contribution in [1.29, 1.82) is 0 Å². The van der Waals surface area contributed by atoms with Gasteiger partial charge in [0.1, 0.15) is 5.82 Å². The van der Waals surface area contributed by atoms with Gasteiger partial charge in [-0.1, -0.05) is 6.07 Å². The van der Waals surface area contributed by atoms with Gasteiger partial charge in [-0.05, 0) is 37.1 Å². The van der Waals surface area contributed by atoms with Crippen LogP contribution < -0.4 is 5.73 Å². The zero-order valence-electron chi connectivity index (χ0n) is 8.36. The topological polar surface area (TPSA) is 43.8 Å². The Morgan fingerprint density at radius 1 is 1.14 bits per heavy atom. The number of nitrogen functional groups attached to an aromatic ring is 1. The van der Waals surface area contributed by atoms with E-state index in [1.165, 1.54) is 11.1 Å². The molecular formula is C11H13N3. The minimum absolute atomic E-state index is 0.660. The summed E-state index contributed by atoms with van der Waals surface area (Å²) >= 11 is 0. The summed E-state index contributed by atoms with van der Waals surface area (Å²) in [6.45, 7) is 4.17. The molecule has 0 bridgehead atoms. The number of nitrogens with zero attached hydrogens (tertiary/aromatic N) is 2. The molecule has 3 nitrogen and oxygen atoms in total. The molecule has 1 heterocycles. The van der Waals surface area contributed by atoms with Gasteiger partial charge in [-0.2, -0.15) is 5.10 Å². The van der Waals surface area contributed by atoms with E-state index in [9.17, 15) is 0 Å². The summed E-state index contributed by atoms with van der Waals surface area (Å²) in [5.41, 5.74) is 9.30. The lowest BCUT2D eigenvalue weighted by atomic mass is 10.1. The van der Waals surface area contributed by atoms with E-state index < -0.39 is 0 Å². The molecule has 0 unspecified atom stereocenters. The Bertz CT molecular complexity index is 457. The molecule has 0 atom stereocenters. The SMILES string of the molecule is Cc1ccc(-n2nccc2N)cc1C. The fourth-order valence-corrected chi connectivity index (χ4v) is 1.39. The third-order valence-electron chi connectivity index (χ3n) is 2.41. The number of hydrogen-bond acceptors (Lipinski definition) is 2. The molecule has 0 saturated heterocycles. The van der Waals surface area contributed by atoms with Crippen molar-refractivity contribution >= 4 is 5.82 Å². The average Bonchev–Trinajstić information content (AvgIpc) is 2.57. The molecule has 0 fully saturated rings. The monoisotopic (exact) mass is 187 g/mol. The van der Waals surface area contributed by atoms with Gasteiger partial charge in [0.15, 0.2) is 0 Å². The molecule has 1 aromatic heterocycles. The van der Waals surface area contributed by atoms with E-state index in [1.54, 1.807) is 16.9 Å². The minimum atomic E-state index is 0.660. The first-order valence-corrected chi connectivity index (χ1v) is 4.55. The van der Waals surface area contributed by atoms with Crippen molar-refractivity contribution in [3.8, 4) is 5.69 Å². The summed E-state index contributed by atoms with van der Waals surface area (Å²) in [5, 5.41) is 4.15. The molecule has 1 aromatic carbocycles. The van der Waals surface area contributed by atoms with Gasteiger partial charge >= 0.3 is 0 Å². The fourth-order valence-electron chi connectivity index (χ4n) is 1.39. The van der Waals surface area contributed by atoms with Crippen LogP contribution in [-0.4, -0.2) is 9.78 Å². The van der Waals surface area contributed by atoms with Gasteiger partial charge < -0.3 is 5.73 Å². The molecule has 72 valence electrons. The van der Waals surface area contributed by atoms with Crippen molar-refractivity contribution < 1.29 is 0 Å². The quantitative estimate of drug-likeness (QED) is 0.742. The summed E-state index contributed by atoms with van der Waals surface area (Å²) < 4.78 is 1.73. The molecule has 14 heavy (non-hydrogen) atoms. The lowest BCUT2D eigenvalue weighted by Crippen LogP contribution is -2.01. The lowest BCUT2D eigenvalue weighted by molar-refractivity contribution is 0.889. The van der Waals surface area contributed by atoms with Crippen LogP contribution in [0.1, 0.15) is 11.1 Å². The van der Waals surface area contributed by atoms with Crippen LogP contribution in [0.4, 0.5) is 5.82 Å². The molecule has 0 aliphatic heterocycles. The Labute approximate surface area is 83.2 Å². The normalized spacial score (nSPS) is 10.4. The second-order valence-electron chi connectivity index (χ2n) is 3.44. The molecule has 0 amide bonds. The van der Waals surface area contributed by atoms with E-state index in [-0.39, 0.29) is 0 Å². The fraction of sp³-hybridized carbons (Fsp3) is 0.182. The molecule has 3 heteroatoms. The summed E-state index contributed by atoms with van der Waals surface area (Å²) in [6.07, 6.45) is 1.70. The second-order valence-corrected chi connectivity index (χ2v) is 3.44. The summed E-state index contributed by atoms with van der Waals surface area (Å²) in [5.74, 6) is 0.660. The van der Waals surface area contributed by atoms with Crippen molar-refractivity contribution in [2.75, 3.05) is 5.73 Å². The Kier molecular flexibility index (Phi) is 2.00. The van der Waals surface area contributed by atoms with E-state index >= 15 is 0 Å². The predicted molar refractivity (Wildman–Crippen MR) is 57.5 cm³/mol. The van der Waals surface area contributed by atoms with Crippen LogP contribution in [0.5, 0.6) is 0 Å². The van der Waals surface area contributed by atoms with Gasteiger partial charge in [0.2, 0.25) is 0 Å². The van der Waals surface area contributed by atoms with Gasteiger partial charge in [-0.3, -0.25) is 0 Å². The first-order chi connectivity index (χ1) is 6.68. The van der Waals surface area contributed by atoms with E-state index in [2.05, 4.69) is 31.1 Å². The highest BCUT2D eigenvalue weighted by Gasteiger charge is 2.01. The van der Waals surface area contributed by atoms with Gasteiger partial charge in [0.25, 0.3) is 0 Å². The van der Waals surface area contributed by atoms with Crippen LogP contribution in [0.15, 0.2) is 30.5 Å². The smallest absolute Gasteiger partial charge is 0.127 e. The predicted octanol–water partition coefficient (Wildman–Crippen LogP) is 2.07. The molecule has 2 aromatic rings. The van der Waals surface area contributed by atoms with Crippen LogP contribution >= 0.6 is 0 Å². The van der Waals surface area contributed by atoms with Crippen LogP contribution in [0, 0.1) is 13.8 Å². The van der Waals surface area contributed by atoms with Gasteiger partial charge in [-0.15, -0.1) is 0 Å². The summed E-state index contributed by atoms with van der Waals surface area (Å²) in [6, 6.07) is 7.96. The number of aromatic nitrogens is 2. The Morgan fingerprint density at radius 2 is 1.93 bits per heavy atom. The highest BCUT2D eigenvalue weighted by molar-refractivity contribution is 5.44. The molecule has 0 aliphatic rings. The maximum atomic E-state index is 5.76. The number of hydrogen-bond donors (Lipinski definition) is 1. The number of benzene rings is 1.